The second-order valence-corrected chi connectivity index (χ2v) is 5.38. The summed E-state index contributed by atoms with van der Waals surface area (Å²) < 4.78 is 10.7. The fourth-order valence-electron chi connectivity index (χ4n) is 2.11. The Morgan fingerprint density at radius 1 is 1.00 bits per heavy atom. The zero-order chi connectivity index (χ0) is 15.3. The highest BCUT2D eigenvalue weighted by Crippen LogP contribution is 2.27. The molecule has 21 heavy (non-hydrogen) atoms. The Labute approximate surface area is 125 Å². The molecule has 110 valence electrons. The molecule has 0 unspecified atom stereocenters. The summed E-state index contributed by atoms with van der Waals surface area (Å²) in [5.41, 5.74) is 1.61. The molecule has 0 N–H and O–H groups in total. The third-order valence-electron chi connectivity index (χ3n) is 3.34. The van der Waals surface area contributed by atoms with E-state index in [4.69, 9.17) is 4.74 Å². The van der Waals surface area contributed by atoms with E-state index in [9.17, 15) is 4.79 Å². The molecule has 2 rings (SSSR count). The van der Waals surface area contributed by atoms with E-state index < -0.39 is 5.60 Å². The van der Waals surface area contributed by atoms with Crippen molar-refractivity contribution < 1.29 is 14.3 Å². The van der Waals surface area contributed by atoms with Crippen molar-refractivity contribution >= 4 is 5.97 Å². The summed E-state index contributed by atoms with van der Waals surface area (Å²) in [4.78, 5) is 11.2. The molecular weight excluding hydrogens is 264 g/mol. The van der Waals surface area contributed by atoms with Gasteiger partial charge in [-0.1, -0.05) is 42.5 Å². The molecule has 3 heteroatoms. The van der Waals surface area contributed by atoms with Gasteiger partial charge in [0.1, 0.15) is 11.4 Å². The quantitative estimate of drug-likeness (QED) is 0.785. The standard InChI is InChI=1S/C18H20O3/c1-18(2,15-7-5-4-6-8-15)21-16-11-9-14(10-12-16)13-17(19)20-3/h4-12H,13H2,1-3H3. The van der Waals surface area contributed by atoms with E-state index >= 15 is 0 Å². The molecule has 0 saturated carbocycles. The molecule has 0 atom stereocenters. The van der Waals surface area contributed by atoms with Crippen LogP contribution in [0.3, 0.4) is 0 Å². The van der Waals surface area contributed by atoms with Crippen LogP contribution < -0.4 is 4.74 Å². The van der Waals surface area contributed by atoms with E-state index in [1.165, 1.54) is 7.11 Å². The van der Waals surface area contributed by atoms with E-state index in [1.807, 2.05) is 68.4 Å². The highest BCUT2D eigenvalue weighted by atomic mass is 16.5. The first-order chi connectivity index (χ1) is 10.0. The number of methoxy groups -OCH3 is 1. The fraction of sp³-hybridized carbons (Fsp3) is 0.278. The Bertz CT molecular complexity index is 586. The SMILES string of the molecule is COC(=O)Cc1ccc(OC(C)(C)c2ccccc2)cc1. The average molecular weight is 284 g/mol. The third kappa shape index (κ3) is 4.09. The Morgan fingerprint density at radius 2 is 1.62 bits per heavy atom. The monoisotopic (exact) mass is 284 g/mol. The van der Waals surface area contributed by atoms with Crippen LogP contribution >= 0.6 is 0 Å². The highest BCUT2D eigenvalue weighted by molar-refractivity contribution is 5.72. The lowest BCUT2D eigenvalue weighted by atomic mass is 9.98. The van der Waals surface area contributed by atoms with Gasteiger partial charge in [-0.25, -0.2) is 0 Å². The molecule has 2 aromatic carbocycles. The molecule has 0 amide bonds. The molecule has 0 aliphatic carbocycles. The van der Waals surface area contributed by atoms with Gasteiger partial charge in [-0.2, -0.15) is 0 Å². The lowest BCUT2D eigenvalue weighted by Crippen LogP contribution is -2.25. The number of ether oxygens (including phenoxy) is 2. The lowest BCUT2D eigenvalue weighted by molar-refractivity contribution is -0.139. The number of esters is 1. The number of hydrogen-bond acceptors (Lipinski definition) is 3. The van der Waals surface area contributed by atoms with Gasteiger partial charge in [-0.3, -0.25) is 4.79 Å². The maximum Gasteiger partial charge on any atom is 0.309 e. The van der Waals surface area contributed by atoms with Crippen LogP contribution in [0.25, 0.3) is 0 Å². The van der Waals surface area contributed by atoms with E-state index in [2.05, 4.69) is 4.74 Å². The van der Waals surface area contributed by atoms with Crippen molar-refractivity contribution in [3.63, 3.8) is 0 Å². The lowest BCUT2D eigenvalue weighted by Gasteiger charge is -2.27. The van der Waals surface area contributed by atoms with E-state index in [0.717, 1.165) is 16.9 Å². The van der Waals surface area contributed by atoms with Crippen LogP contribution in [0.15, 0.2) is 54.6 Å². The average Bonchev–Trinajstić information content (AvgIpc) is 2.50. The topological polar surface area (TPSA) is 35.5 Å². The first kappa shape index (κ1) is 15.1. The maximum atomic E-state index is 11.2. The summed E-state index contributed by atoms with van der Waals surface area (Å²) in [6.45, 7) is 4.06. The van der Waals surface area contributed by atoms with Crippen molar-refractivity contribution in [1.82, 2.24) is 0 Å². The Hall–Kier alpha value is -2.29. The van der Waals surface area contributed by atoms with Crippen LogP contribution in [0.2, 0.25) is 0 Å². The molecule has 0 heterocycles. The number of rotatable bonds is 5. The van der Waals surface area contributed by atoms with Crippen LogP contribution in [-0.4, -0.2) is 13.1 Å². The van der Waals surface area contributed by atoms with Crippen molar-refractivity contribution in [1.29, 1.82) is 0 Å². The van der Waals surface area contributed by atoms with E-state index in [-0.39, 0.29) is 12.4 Å². The van der Waals surface area contributed by atoms with Crippen molar-refractivity contribution in [2.24, 2.45) is 0 Å². The van der Waals surface area contributed by atoms with Crippen LogP contribution in [0.4, 0.5) is 0 Å². The van der Waals surface area contributed by atoms with Gasteiger partial charge in [-0.15, -0.1) is 0 Å². The Balaban J connectivity index is 2.08. The fourth-order valence-corrected chi connectivity index (χ4v) is 2.11. The zero-order valence-electron chi connectivity index (χ0n) is 12.6. The van der Waals surface area contributed by atoms with Gasteiger partial charge in [0.15, 0.2) is 0 Å². The predicted molar refractivity (Wildman–Crippen MR) is 82.3 cm³/mol. The van der Waals surface area contributed by atoms with Crippen molar-refractivity contribution in [3.05, 3.63) is 65.7 Å². The van der Waals surface area contributed by atoms with Crippen LogP contribution in [-0.2, 0) is 21.6 Å². The van der Waals surface area contributed by atoms with Gasteiger partial charge in [-0.05, 0) is 37.1 Å². The van der Waals surface area contributed by atoms with Gasteiger partial charge in [0, 0.05) is 0 Å². The molecule has 0 spiro atoms. The summed E-state index contributed by atoms with van der Waals surface area (Å²) in [6, 6.07) is 17.6. The minimum Gasteiger partial charge on any atom is -0.483 e. The molecule has 0 aromatic heterocycles. The van der Waals surface area contributed by atoms with Gasteiger partial charge >= 0.3 is 5.97 Å². The molecule has 0 saturated heterocycles. The zero-order valence-corrected chi connectivity index (χ0v) is 12.6. The summed E-state index contributed by atoms with van der Waals surface area (Å²) in [5, 5.41) is 0. The largest absolute Gasteiger partial charge is 0.483 e. The molecule has 3 nitrogen and oxygen atoms in total. The van der Waals surface area contributed by atoms with Crippen LogP contribution in [0, 0.1) is 0 Å². The summed E-state index contributed by atoms with van der Waals surface area (Å²) in [5.74, 6) is 0.533. The normalized spacial score (nSPS) is 11.0. The second-order valence-electron chi connectivity index (χ2n) is 5.38. The van der Waals surface area contributed by atoms with Gasteiger partial charge in [0.2, 0.25) is 0 Å². The van der Waals surface area contributed by atoms with Crippen LogP contribution in [0.5, 0.6) is 5.75 Å². The number of hydrogen-bond donors (Lipinski definition) is 0. The second kappa shape index (κ2) is 6.44. The molecule has 0 bridgehead atoms. The van der Waals surface area contributed by atoms with Crippen molar-refractivity contribution in [2.75, 3.05) is 7.11 Å². The summed E-state index contributed by atoms with van der Waals surface area (Å²) in [7, 11) is 1.39. The van der Waals surface area contributed by atoms with Gasteiger partial charge in [0.05, 0.1) is 13.5 Å². The molecule has 0 fully saturated rings. The predicted octanol–water partition coefficient (Wildman–Crippen LogP) is 3.72. The Morgan fingerprint density at radius 3 is 2.19 bits per heavy atom. The molecule has 2 aromatic rings. The van der Waals surface area contributed by atoms with Gasteiger partial charge in [0.25, 0.3) is 0 Å². The summed E-state index contributed by atoms with van der Waals surface area (Å²) in [6.07, 6.45) is 0.277. The first-order valence-electron chi connectivity index (χ1n) is 6.91. The van der Waals surface area contributed by atoms with E-state index in [0.29, 0.717) is 0 Å². The first-order valence-corrected chi connectivity index (χ1v) is 6.91. The Kier molecular flexibility index (Phi) is 4.63. The smallest absolute Gasteiger partial charge is 0.309 e. The molecule has 0 aliphatic heterocycles. The van der Waals surface area contributed by atoms with Crippen molar-refractivity contribution in [3.8, 4) is 5.75 Å². The molecular formula is C18H20O3. The van der Waals surface area contributed by atoms with Crippen molar-refractivity contribution in [2.45, 2.75) is 25.9 Å². The third-order valence-corrected chi connectivity index (χ3v) is 3.34. The maximum absolute atomic E-state index is 11.2. The van der Waals surface area contributed by atoms with Crippen LogP contribution in [0.1, 0.15) is 25.0 Å². The number of carbonyl (C=O) groups excluding carboxylic acids is 1. The molecule has 0 aliphatic rings. The van der Waals surface area contributed by atoms with Gasteiger partial charge < -0.3 is 9.47 Å². The number of carbonyl (C=O) groups is 1. The molecule has 0 radical (unpaired) electrons. The highest BCUT2D eigenvalue weighted by Gasteiger charge is 2.22. The minimum absolute atomic E-state index is 0.242. The van der Waals surface area contributed by atoms with E-state index in [1.54, 1.807) is 0 Å². The summed E-state index contributed by atoms with van der Waals surface area (Å²) >= 11 is 0. The number of benzene rings is 2. The minimum atomic E-state index is -0.412.